The molecular formula is C18H18N4O3S. The van der Waals surface area contributed by atoms with E-state index in [9.17, 15) is 9.59 Å². The smallest absolute Gasteiger partial charge is 0.312 e. The highest BCUT2D eigenvalue weighted by atomic mass is 32.1. The molecule has 8 heteroatoms. The van der Waals surface area contributed by atoms with Crippen molar-refractivity contribution in [2.24, 2.45) is 5.73 Å². The quantitative estimate of drug-likeness (QED) is 0.620. The second-order valence-corrected chi connectivity index (χ2v) is 6.48. The van der Waals surface area contributed by atoms with Gasteiger partial charge in [0.25, 0.3) is 5.91 Å². The van der Waals surface area contributed by atoms with Crippen LogP contribution in [-0.4, -0.2) is 23.5 Å². The van der Waals surface area contributed by atoms with Gasteiger partial charge in [-0.3, -0.25) is 10.1 Å². The van der Waals surface area contributed by atoms with E-state index in [4.69, 9.17) is 10.5 Å². The first-order valence-corrected chi connectivity index (χ1v) is 8.84. The maximum Gasteiger partial charge on any atom is 0.312 e. The average Bonchev–Trinajstić information content (AvgIpc) is 3.02. The summed E-state index contributed by atoms with van der Waals surface area (Å²) in [4.78, 5) is 27.5. The fourth-order valence-electron chi connectivity index (χ4n) is 2.35. The highest BCUT2D eigenvalue weighted by Crippen LogP contribution is 2.29. The second-order valence-electron chi connectivity index (χ2n) is 5.45. The van der Waals surface area contributed by atoms with Crippen molar-refractivity contribution in [1.29, 1.82) is 0 Å². The zero-order valence-electron chi connectivity index (χ0n) is 14.1. The number of nitrogens with one attached hydrogen (secondary N) is 2. The number of amides is 3. The Labute approximate surface area is 154 Å². The minimum absolute atomic E-state index is 0.247. The lowest BCUT2D eigenvalue weighted by molar-refractivity contribution is 0.102. The van der Waals surface area contributed by atoms with Crippen LogP contribution in [0, 0.1) is 0 Å². The third-order valence-electron chi connectivity index (χ3n) is 3.57. The fourth-order valence-corrected chi connectivity index (χ4v) is 3.24. The molecule has 3 amide bonds. The van der Waals surface area contributed by atoms with E-state index in [1.807, 2.05) is 25.1 Å². The summed E-state index contributed by atoms with van der Waals surface area (Å²) in [6.07, 6.45) is 0. The van der Waals surface area contributed by atoms with Gasteiger partial charge in [0, 0.05) is 12.1 Å². The summed E-state index contributed by atoms with van der Waals surface area (Å²) >= 11 is 1.39. The predicted octanol–water partition coefficient (Wildman–Crippen LogP) is 3.12. The van der Waals surface area contributed by atoms with Gasteiger partial charge >= 0.3 is 6.03 Å². The highest BCUT2D eigenvalue weighted by molar-refractivity contribution is 7.22. The van der Waals surface area contributed by atoms with Gasteiger partial charge in [-0.1, -0.05) is 23.5 Å². The van der Waals surface area contributed by atoms with Crippen molar-refractivity contribution in [2.75, 3.05) is 11.9 Å². The molecule has 0 aliphatic rings. The Morgan fingerprint density at radius 2 is 1.96 bits per heavy atom. The number of nitrogens with zero attached hydrogens (tertiary/aromatic N) is 1. The number of thiazole rings is 1. The van der Waals surface area contributed by atoms with Crippen LogP contribution < -0.4 is 21.1 Å². The summed E-state index contributed by atoms with van der Waals surface area (Å²) in [7, 11) is 0. The topological polar surface area (TPSA) is 106 Å². The first-order chi connectivity index (χ1) is 12.5. The van der Waals surface area contributed by atoms with E-state index in [0.717, 1.165) is 21.5 Å². The van der Waals surface area contributed by atoms with Crippen molar-refractivity contribution in [3.8, 4) is 5.75 Å². The molecule has 2 aromatic carbocycles. The number of carbonyl (C=O) groups excluding carboxylic acids is 2. The number of rotatable bonds is 6. The van der Waals surface area contributed by atoms with E-state index in [2.05, 4.69) is 15.6 Å². The molecule has 26 heavy (non-hydrogen) atoms. The third-order valence-corrected chi connectivity index (χ3v) is 4.51. The molecule has 0 fully saturated rings. The maximum atomic E-state index is 12.4. The Morgan fingerprint density at radius 1 is 1.19 bits per heavy atom. The van der Waals surface area contributed by atoms with Crippen LogP contribution in [0.25, 0.3) is 10.2 Å². The molecule has 0 aliphatic carbocycles. The van der Waals surface area contributed by atoms with Gasteiger partial charge in [0.05, 0.1) is 16.8 Å². The Morgan fingerprint density at radius 3 is 2.65 bits per heavy atom. The molecule has 1 aromatic heterocycles. The third kappa shape index (κ3) is 4.28. The molecular weight excluding hydrogens is 352 g/mol. The number of fused-ring (bicyclic) bond motifs is 1. The molecule has 0 aliphatic heterocycles. The maximum absolute atomic E-state index is 12.4. The van der Waals surface area contributed by atoms with Crippen molar-refractivity contribution in [3.63, 3.8) is 0 Å². The number of nitrogens with two attached hydrogens (primary N) is 1. The van der Waals surface area contributed by atoms with Gasteiger partial charge < -0.3 is 15.8 Å². The largest absolute Gasteiger partial charge is 0.494 e. The molecule has 0 radical (unpaired) electrons. The standard InChI is InChI=1S/C18H18N4O3S/c1-2-25-13-7-8-14-15(9-13)26-18(21-14)22-16(23)12-5-3-11(4-6-12)10-20-17(19)24/h3-9H,2,10H2,1H3,(H3,19,20,24)(H,21,22,23). The number of anilines is 1. The Hall–Kier alpha value is -3.13. The van der Waals surface area contributed by atoms with Gasteiger partial charge in [-0.25, -0.2) is 9.78 Å². The lowest BCUT2D eigenvalue weighted by Crippen LogP contribution is -2.28. The number of aromatic nitrogens is 1. The zero-order valence-corrected chi connectivity index (χ0v) is 14.9. The Kier molecular flexibility index (Phi) is 5.33. The molecule has 3 rings (SSSR count). The minimum atomic E-state index is -0.588. The van der Waals surface area contributed by atoms with Crippen LogP contribution >= 0.6 is 11.3 Å². The first kappa shape index (κ1) is 17.7. The van der Waals surface area contributed by atoms with Crippen LogP contribution in [-0.2, 0) is 6.54 Å². The van der Waals surface area contributed by atoms with Gasteiger partial charge in [0.15, 0.2) is 5.13 Å². The number of urea groups is 1. The van der Waals surface area contributed by atoms with Crippen molar-refractivity contribution >= 4 is 38.6 Å². The number of ether oxygens (including phenoxy) is 1. The van der Waals surface area contributed by atoms with Crippen molar-refractivity contribution in [1.82, 2.24) is 10.3 Å². The summed E-state index contributed by atoms with van der Waals surface area (Å²) in [6.45, 7) is 2.84. The van der Waals surface area contributed by atoms with E-state index in [-0.39, 0.29) is 5.91 Å². The van der Waals surface area contributed by atoms with Crippen LogP contribution in [0.5, 0.6) is 5.75 Å². The van der Waals surface area contributed by atoms with Gasteiger partial charge in [-0.05, 0) is 42.8 Å². The van der Waals surface area contributed by atoms with E-state index in [1.165, 1.54) is 11.3 Å². The molecule has 1 heterocycles. The van der Waals surface area contributed by atoms with Gasteiger partial charge in [0.1, 0.15) is 5.75 Å². The summed E-state index contributed by atoms with van der Waals surface area (Å²) < 4.78 is 6.42. The normalized spacial score (nSPS) is 10.5. The molecule has 0 unspecified atom stereocenters. The number of carbonyl (C=O) groups is 2. The van der Waals surface area contributed by atoms with E-state index in [1.54, 1.807) is 24.3 Å². The van der Waals surface area contributed by atoms with Gasteiger partial charge in [-0.2, -0.15) is 0 Å². The number of primary amides is 1. The van der Waals surface area contributed by atoms with E-state index < -0.39 is 6.03 Å². The van der Waals surface area contributed by atoms with Crippen LogP contribution in [0.2, 0.25) is 0 Å². The monoisotopic (exact) mass is 370 g/mol. The van der Waals surface area contributed by atoms with E-state index >= 15 is 0 Å². The average molecular weight is 370 g/mol. The van der Waals surface area contributed by atoms with Crippen LogP contribution in [0.1, 0.15) is 22.8 Å². The molecule has 0 saturated carbocycles. The fraction of sp³-hybridized carbons (Fsp3) is 0.167. The molecule has 4 N–H and O–H groups in total. The van der Waals surface area contributed by atoms with E-state index in [0.29, 0.717) is 23.8 Å². The zero-order chi connectivity index (χ0) is 18.5. The highest BCUT2D eigenvalue weighted by Gasteiger charge is 2.11. The Balaban J connectivity index is 1.69. The van der Waals surface area contributed by atoms with Gasteiger partial charge in [-0.15, -0.1) is 0 Å². The number of hydrogen-bond acceptors (Lipinski definition) is 5. The summed E-state index contributed by atoms with van der Waals surface area (Å²) in [5.41, 5.74) is 7.19. The Bertz CT molecular complexity index is 937. The SMILES string of the molecule is CCOc1ccc2nc(NC(=O)c3ccc(CNC(N)=O)cc3)sc2c1. The summed E-state index contributed by atoms with van der Waals surface area (Å²) in [5, 5.41) is 5.83. The van der Waals surface area contributed by atoms with Crippen molar-refractivity contribution < 1.29 is 14.3 Å². The molecule has 134 valence electrons. The van der Waals surface area contributed by atoms with Crippen molar-refractivity contribution in [3.05, 3.63) is 53.6 Å². The first-order valence-electron chi connectivity index (χ1n) is 8.02. The number of benzene rings is 2. The molecule has 7 nitrogen and oxygen atoms in total. The molecule has 0 bridgehead atoms. The van der Waals surface area contributed by atoms with Crippen molar-refractivity contribution in [2.45, 2.75) is 13.5 Å². The molecule has 0 spiro atoms. The summed E-state index contributed by atoms with van der Waals surface area (Å²) in [5.74, 6) is 0.533. The molecule has 0 atom stereocenters. The second kappa shape index (κ2) is 7.83. The van der Waals surface area contributed by atoms with Crippen LogP contribution in [0.4, 0.5) is 9.93 Å². The van der Waals surface area contributed by atoms with Crippen LogP contribution in [0.15, 0.2) is 42.5 Å². The van der Waals surface area contributed by atoms with Crippen LogP contribution in [0.3, 0.4) is 0 Å². The molecule has 0 saturated heterocycles. The predicted molar refractivity (Wildman–Crippen MR) is 102 cm³/mol. The lowest BCUT2D eigenvalue weighted by atomic mass is 10.1. The molecule has 3 aromatic rings. The van der Waals surface area contributed by atoms with Gasteiger partial charge in [0.2, 0.25) is 0 Å². The minimum Gasteiger partial charge on any atom is -0.494 e. The summed E-state index contributed by atoms with van der Waals surface area (Å²) in [6, 6.07) is 11.9. The lowest BCUT2D eigenvalue weighted by Gasteiger charge is -2.04. The number of hydrogen-bond donors (Lipinski definition) is 3.